The summed E-state index contributed by atoms with van der Waals surface area (Å²) in [5.41, 5.74) is 0.789. The molecule has 4 nitrogen and oxygen atoms in total. The summed E-state index contributed by atoms with van der Waals surface area (Å²) in [6.45, 7) is 9.52. The second-order valence-corrected chi connectivity index (χ2v) is 5.60. The molecule has 1 amide bonds. The van der Waals surface area contributed by atoms with Gasteiger partial charge in [-0.15, -0.1) is 0 Å². The van der Waals surface area contributed by atoms with Gasteiger partial charge in [-0.05, 0) is 57.0 Å². The van der Waals surface area contributed by atoms with Crippen molar-refractivity contribution in [1.29, 1.82) is 0 Å². The molecule has 0 aliphatic carbocycles. The van der Waals surface area contributed by atoms with Crippen LogP contribution in [0.1, 0.15) is 34.1 Å². The van der Waals surface area contributed by atoms with Crippen LogP contribution in [0.2, 0.25) is 0 Å². The third-order valence-corrected chi connectivity index (χ3v) is 2.69. The molecule has 0 radical (unpaired) electrons. The topological polar surface area (TPSA) is 50.4 Å². The number of rotatable bonds is 8. The zero-order valence-corrected chi connectivity index (χ0v) is 12.9. The van der Waals surface area contributed by atoms with E-state index in [0.29, 0.717) is 12.5 Å². The number of amides is 1. The van der Waals surface area contributed by atoms with Crippen molar-refractivity contribution in [3.05, 3.63) is 24.3 Å². The van der Waals surface area contributed by atoms with Gasteiger partial charge in [-0.1, -0.05) is 13.8 Å². The smallest absolute Gasteiger partial charge is 0.238 e. The van der Waals surface area contributed by atoms with Crippen LogP contribution >= 0.6 is 0 Å². The Morgan fingerprint density at radius 1 is 1.15 bits per heavy atom. The molecule has 112 valence electrons. The van der Waals surface area contributed by atoms with Crippen LogP contribution in [-0.2, 0) is 4.79 Å². The van der Waals surface area contributed by atoms with Crippen molar-refractivity contribution < 1.29 is 9.53 Å². The summed E-state index contributed by atoms with van der Waals surface area (Å²) in [4.78, 5) is 11.7. The first-order chi connectivity index (χ1) is 9.47. The minimum Gasteiger partial charge on any atom is -0.491 e. The SMILES string of the molecule is CC(C)CCNCC(=O)Nc1ccc(OC(C)C)cc1. The van der Waals surface area contributed by atoms with Crippen LogP contribution in [0.5, 0.6) is 5.75 Å². The molecule has 20 heavy (non-hydrogen) atoms. The van der Waals surface area contributed by atoms with E-state index < -0.39 is 0 Å². The first kappa shape index (κ1) is 16.5. The van der Waals surface area contributed by atoms with E-state index in [4.69, 9.17) is 4.74 Å². The van der Waals surface area contributed by atoms with Crippen molar-refractivity contribution in [3.63, 3.8) is 0 Å². The van der Waals surface area contributed by atoms with Crippen molar-refractivity contribution >= 4 is 11.6 Å². The molecule has 0 bridgehead atoms. The average molecular weight is 278 g/mol. The largest absolute Gasteiger partial charge is 0.491 e. The lowest BCUT2D eigenvalue weighted by Crippen LogP contribution is -2.29. The normalized spacial score (nSPS) is 10.9. The Morgan fingerprint density at radius 3 is 2.35 bits per heavy atom. The minimum absolute atomic E-state index is 0.0220. The highest BCUT2D eigenvalue weighted by atomic mass is 16.5. The van der Waals surface area contributed by atoms with E-state index in [1.165, 1.54) is 0 Å². The van der Waals surface area contributed by atoms with E-state index in [-0.39, 0.29) is 12.0 Å². The highest BCUT2D eigenvalue weighted by Gasteiger charge is 2.03. The van der Waals surface area contributed by atoms with Crippen LogP contribution in [0.3, 0.4) is 0 Å². The lowest BCUT2D eigenvalue weighted by Gasteiger charge is -2.11. The van der Waals surface area contributed by atoms with Gasteiger partial charge in [0.05, 0.1) is 12.6 Å². The fourth-order valence-electron chi connectivity index (χ4n) is 1.69. The molecular weight excluding hydrogens is 252 g/mol. The van der Waals surface area contributed by atoms with Crippen molar-refractivity contribution in [2.75, 3.05) is 18.4 Å². The van der Waals surface area contributed by atoms with Gasteiger partial charge in [0.25, 0.3) is 0 Å². The summed E-state index contributed by atoms with van der Waals surface area (Å²) >= 11 is 0. The molecule has 4 heteroatoms. The number of nitrogens with one attached hydrogen (secondary N) is 2. The molecule has 0 aliphatic rings. The quantitative estimate of drug-likeness (QED) is 0.719. The highest BCUT2D eigenvalue weighted by molar-refractivity contribution is 5.92. The lowest BCUT2D eigenvalue weighted by atomic mass is 10.1. The summed E-state index contributed by atoms with van der Waals surface area (Å²) in [5.74, 6) is 1.44. The lowest BCUT2D eigenvalue weighted by molar-refractivity contribution is -0.115. The molecule has 0 fully saturated rings. The fourth-order valence-corrected chi connectivity index (χ4v) is 1.69. The Kier molecular flexibility index (Phi) is 7.09. The highest BCUT2D eigenvalue weighted by Crippen LogP contribution is 2.16. The zero-order valence-electron chi connectivity index (χ0n) is 12.9. The number of hydrogen-bond donors (Lipinski definition) is 2. The Hall–Kier alpha value is -1.55. The van der Waals surface area contributed by atoms with Gasteiger partial charge in [0.2, 0.25) is 5.91 Å². The van der Waals surface area contributed by atoms with Crippen LogP contribution in [0.25, 0.3) is 0 Å². The zero-order chi connectivity index (χ0) is 15.0. The molecule has 1 aromatic carbocycles. The van der Waals surface area contributed by atoms with Crippen LogP contribution in [0, 0.1) is 5.92 Å². The summed E-state index contributed by atoms with van der Waals surface area (Å²) in [7, 11) is 0. The maximum absolute atomic E-state index is 11.7. The van der Waals surface area contributed by atoms with Gasteiger partial charge in [0, 0.05) is 5.69 Å². The summed E-state index contributed by atoms with van der Waals surface area (Å²) in [6.07, 6.45) is 1.23. The van der Waals surface area contributed by atoms with Crippen LogP contribution < -0.4 is 15.4 Å². The predicted octanol–water partition coefficient (Wildman–Crippen LogP) is 3.05. The Balaban J connectivity index is 2.31. The minimum atomic E-state index is -0.0220. The second kappa shape index (κ2) is 8.59. The summed E-state index contributed by atoms with van der Waals surface area (Å²) in [5, 5.41) is 5.99. The Bertz CT molecular complexity index is 399. The first-order valence-electron chi connectivity index (χ1n) is 7.24. The van der Waals surface area contributed by atoms with E-state index in [2.05, 4.69) is 24.5 Å². The van der Waals surface area contributed by atoms with Crippen molar-refractivity contribution in [1.82, 2.24) is 5.32 Å². The third kappa shape index (κ3) is 7.14. The fraction of sp³-hybridized carbons (Fsp3) is 0.562. The van der Waals surface area contributed by atoms with Crippen molar-refractivity contribution in [3.8, 4) is 5.75 Å². The van der Waals surface area contributed by atoms with E-state index in [1.807, 2.05) is 38.1 Å². The maximum Gasteiger partial charge on any atom is 0.238 e. The average Bonchev–Trinajstić information content (AvgIpc) is 2.36. The Morgan fingerprint density at radius 2 is 1.80 bits per heavy atom. The second-order valence-electron chi connectivity index (χ2n) is 5.60. The number of anilines is 1. The number of hydrogen-bond acceptors (Lipinski definition) is 3. The van der Waals surface area contributed by atoms with Crippen LogP contribution in [-0.4, -0.2) is 25.1 Å². The van der Waals surface area contributed by atoms with Gasteiger partial charge in [-0.25, -0.2) is 0 Å². The standard InChI is InChI=1S/C16H26N2O2/c1-12(2)9-10-17-11-16(19)18-14-5-7-15(8-6-14)20-13(3)4/h5-8,12-13,17H,9-11H2,1-4H3,(H,18,19). The van der Waals surface area contributed by atoms with Crippen LogP contribution in [0.15, 0.2) is 24.3 Å². The van der Waals surface area contributed by atoms with Gasteiger partial charge >= 0.3 is 0 Å². The molecular formula is C16H26N2O2. The molecule has 0 unspecified atom stereocenters. The number of carbonyl (C=O) groups excluding carboxylic acids is 1. The summed E-state index contributed by atoms with van der Waals surface area (Å²) in [6, 6.07) is 7.43. The monoisotopic (exact) mass is 278 g/mol. The van der Waals surface area contributed by atoms with E-state index in [0.717, 1.165) is 24.4 Å². The molecule has 0 spiro atoms. The number of ether oxygens (including phenoxy) is 1. The number of benzene rings is 1. The predicted molar refractivity (Wildman–Crippen MR) is 83.2 cm³/mol. The van der Waals surface area contributed by atoms with Crippen LogP contribution in [0.4, 0.5) is 5.69 Å². The number of carbonyl (C=O) groups is 1. The van der Waals surface area contributed by atoms with E-state index in [9.17, 15) is 4.79 Å². The molecule has 0 saturated heterocycles. The third-order valence-electron chi connectivity index (χ3n) is 2.69. The van der Waals surface area contributed by atoms with Gasteiger partial charge in [0.15, 0.2) is 0 Å². The van der Waals surface area contributed by atoms with E-state index >= 15 is 0 Å². The molecule has 1 aromatic rings. The molecule has 2 N–H and O–H groups in total. The van der Waals surface area contributed by atoms with Gasteiger partial charge < -0.3 is 15.4 Å². The van der Waals surface area contributed by atoms with Gasteiger partial charge in [-0.3, -0.25) is 4.79 Å². The van der Waals surface area contributed by atoms with Gasteiger partial charge in [0.1, 0.15) is 5.75 Å². The molecule has 0 heterocycles. The first-order valence-corrected chi connectivity index (χ1v) is 7.24. The molecule has 0 saturated carbocycles. The molecule has 0 aromatic heterocycles. The van der Waals surface area contributed by atoms with E-state index in [1.54, 1.807) is 0 Å². The molecule has 0 atom stereocenters. The molecule has 1 rings (SSSR count). The van der Waals surface area contributed by atoms with Crippen molar-refractivity contribution in [2.45, 2.75) is 40.2 Å². The van der Waals surface area contributed by atoms with Gasteiger partial charge in [-0.2, -0.15) is 0 Å². The maximum atomic E-state index is 11.7. The van der Waals surface area contributed by atoms with Crippen molar-refractivity contribution in [2.24, 2.45) is 5.92 Å². The summed E-state index contributed by atoms with van der Waals surface area (Å²) < 4.78 is 5.55. The Labute approximate surface area is 121 Å². The molecule has 0 aliphatic heterocycles.